The van der Waals surface area contributed by atoms with Crippen LogP contribution in [0.5, 0.6) is 0 Å². The van der Waals surface area contributed by atoms with Gasteiger partial charge >= 0.3 is 5.97 Å². The minimum atomic E-state index is -0.832. The van der Waals surface area contributed by atoms with Crippen molar-refractivity contribution < 1.29 is 9.90 Å². The average molecular weight is 340 g/mol. The molecule has 2 aromatic carbocycles. The first kappa shape index (κ1) is 16.3. The molecule has 0 fully saturated rings. The van der Waals surface area contributed by atoms with Gasteiger partial charge in [-0.3, -0.25) is 4.79 Å². The number of carboxylic acids is 1. The highest BCUT2D eigenvalue weighted by molar-refractivity contribution is 6.30. The lowest BCUT2D eigenvalue weighted by molar-refractivity contribution is -0.136. The molecule has 0 bridgehead atoms. The number of hydrogen-bond acceptors (Lipinski definition) is 1. The Bertz CT molecular complexity index is 877. The van der Waals surface area contributed by atoms with Gasteiger partial charge < -0.3 is 9.67 Å². The molecule has 0 spiro atoms. The third kappa shape index (κ3) is 3.22. The highest BCUT2D eigenvalue weighted by Crippen LogP contribution is 2.30. The van der Waals surface area contributed by atoms with Crippen LogP contribution in [0, 0.1) is 13.8 Å². The van der Waals surface area contributed by atoms with Gasteiger partial charge in [0.25, 0.3) is 0 Å². The van der Waals surface area contributed by atoms with E-state index in [2.05, 4.69) is 28.8 Å². The SMILES string of the molecule is Cc1ccc(-c2cc(CC(=O)O)c(C)n2-c2ccc(Cl)cc2)cc1. The van der Waals surface area contributed by atoms with Crippen LogP contribution in [0.1, 0.15) is 16.8 Å². The van der Waals surface area contributed by atoms with Crippen LogP contribution in [0.15, 0.2) is 54.6 Å². The van der Waals surface area contributed by atoms with Gasteiger partial charge in [-0.25, -0.2) is 0 Å². The van der Waals surface area contributed by atoms with E-state index in [1.165, 1.54) is 5.56 Å². The van der Waals surface area contributed by atoms with Gasteiger partial charge in [0.15, 0.2) is 0 Å². The molecular weight excluding hydrogens is 322 g/mol. The maximum absolute atomic E-state index is 11.2. The van der Waals surface area contributed by atoms with Gasteiger partial charge in [0.1, 0.15) is 0 Å². The second-order valence-corrected chi connectivity index (χ2v) is 6.33. The summed E-state index contributed by atoms with van der Waals surface area (Å²) in [5.41, 5.74) is 5.92. The number of aryl methyl sites for hydroxylation is 1. The van der Waals surface area contributed by atoms with Crippen LogP contribution in [0.25, 0.3) is 16.9 Å². The third-order valence-corrected chi connectivity index (χ3v) is 4.38. The zero-order valence-electron chi connectivity index (χ0n) is 13.6. The summed E-state index contributed by atoms with van der Waals surface area (Å²) in [5.74, 6) is -0.832. The Morgan fingerprint density at radius 2 is 1.67 bits per heavy atom. The summed E-state index contributed by atoms with van der Waals surface area (Å²) < 4.78 is 2.08. The Balaban J connectivity index is 2.20. The molecule has 1 aromatic heterocycles. The van der Waals surface area contributed by atoms with E-state index in [9.17, 15) is 9.90 Å². The van der Waals surface area contributed by atoms with Crippen molar-refractivity contribution in [2.24, 2.45) is 0 Å². The molecule has 4 heteroatoms. The molecule has 0 aliphatic rings. The number of rotatable bonds is 4. The van der Waals surface area contributed by atoms with Crippen LogP contribution in [-0.4, -0.2) is 15.6 Å². The Labute approximate surface area is 146 Å². The van der Waals surface area contributed by atoms with Gasteiger partial charge in [-0.1, -0.05) is 41.4 Å². The van der Waals surface area contributed by atoms with Crippen molar-refractivity contribution in [1.82, 2.24) is 4.57 Å². The summed E-state index contributed by atoms with van der Waals surface area (Å²) in [6.45, 7) is 3.99. The first-order valence-corrected chi connectivity index (χ1v) is 8.09. The molecule has 0 aliphatic carbocycles. The van der Waals surface area contributed by atoms with Gasteiger partial charge in [0.2, 0.25) is 0 Å². The minimum Gasteiger partial charge on any atom is -0.481 e. The molecule has 1 N–H and O–H groups in total. The Hall–Kier alpha value is -2.52. The molecule has 3 aromatic rings. The van der Waals surface area contributed by atoms with Crippen molar-refractivity contribution >= 4 is 17.6 Å². The fraction of sp³-hybridized carbons (Fsp3) is 0.150. The first-order valence-electron chi connectivity index (χ1n) is 7.71. The lowest BCUT2D eigenvalue weighted by atomic mass is 10.1. The molecule has 0 aliphatic heterocycles. The van der Waals surface area contributed by atoms with Crippen molar-refractivity contribution in [2.75, 3.05) is 0 Å². The summed E-state index contributed by atoms with van der Waals surface area (Å²) in [5, 5.41) is 9.85. The number of benzene rings is 2. The van der Waals surface area contributed by atoms with E-state index in [1.807, 2.05) is 44.2 Å². The van der Waals surface area contributed by atoms with E-state index in [1.54, 1.807) is 0 Å². The summed E-state index contributed by atoms with van der Waals surface area (Å²) in [6.07, 6.45) is 0.00524. The fourth-order valence-electron chi connectivity index (χ4n) is 2.86. The molecule has 0 saturated carbocycles. The highest BCUT2D eigenvalue weighted by atomic mass is 35.5. The van der Waals surface area contributed by atoms with Crippen molar-refractivity contribution in [3.8, 4) is 16.9 Å². The summed E-state index contributed by atoms with van der Waals surface area (Å²) >= 11 is 6.00. The summed E-state index contributed by atoms with van der Waals surface area (Å²) in [6, 6.07) is 17.7. The van der Waals surface area contributed by atoms with Crippen LogP contribution in [0.4, 0.5) is 0 Å². The number of carbonyl (C=O) groups is 1. The lowest BCUT2D eigenvalue weighted by Crippen LogP contribution is -2.03. The zero-order chi connectivity index (χ0) is 17.3. The van der Waals surface area contributed by atoms with E-state index >= 15 is 0 Å². The van der Waals surface area contributed by atoms with Crippen molar-refractivity contribution in [2.45, 2.75) is 20.3 Å². The van der Waals surface area contributed by atoms with Crippen LogP contribution in [0.2, 0.25) is 5.02 Å². The second kappa shape index (κ2) is 6.54. The molecule has 0 amide bonds. The Morgan fingerprint density at radius 3 is 2.25 bits per heavy atom. The normalized spacial score (nSPS) is 10.8. The molecule has 3 nitrogen and oxygen atoms in total. The molecular formula is C20H18ClNO2. The number of nitrogens with zero attached hydrogens (tertiary/aromatic N) is 1. The van der Waals surface area contributed by atoms with Gasteiger partial charge in [-0.05, 0) is 55.3 Å². The molecule has 0 radical (unpaired) electrons. The van der Waals surface area contributed by atoms with E-state index in [4.69, 9.17) is 11.6 Å². The van der Waals surface area contributed by atoms with Crippen LogP contribution >= 0.6 is 11.6 Å². The maximum Gasteiger partial charge on any atom is 0.307 e. The highest BCUT2D eigenvalue weighted by Gasteiger charge is 2.16. The van der Waals surface area contributed by atoms with Gasteiger partial charge in [0, 0.05) is 16.4 Å². The first-order chi connectivity index (χ1) is 11.5. The lowest BCUT2D eigenvalue weighted by Gasteiger charge is -2.13. The predicted molar refractivity (Wildman–Crippen MR) is 97.0 cm³/mol. The Morgan fingerprint density at radius 1 is 1.04 bits per heavy atom. The van der Waals surface area contributed by atoms with Gasteiger partial charge in [-0.2, -0.15) is 0 Å². The topological polar surface area (TPSA) is 42.2 Å². The molecule has 3 rings (SSSR count). The summed E-state index contributed by atoms with van der Waals surface area (Å²) in [7, 11) is 0. The molecule has 122 valence electrons. The molecule has 1 heterocycles. The van der Waals surface area contributed by atoms with E-state index in [0.29, 0.717) is 5.02 Å². The molecule has 0 saturated heterocycles. The largest absolute Gasteiger partial charge is 0.481 e. The maximum atomic E-state index is 11.2. The second-order valence-electron chi connectivity index (χ2n) is 5.89. The number of hydrogen-bond donors (Lipinski definition) is 1. The number of carboxylic acid groups (broad SMARTS) is 1. The van der Waals surface area contributed by atoms with Crippen molar-refractivity contribution in [3.63, 3.8) is 0 Å². The number of halogens is 1. The minimum absolute atomic E-state index is 0.00524. The number of aromatic nitrogens is 1. The van der Waals surface area contributed by atoms with Crippen molar-refractivity contribution in [1.29, 1.82) is 0 Å². The summed E-state index contributed by atoms with van der Waals surface area (Å²) in [4.78, 5) is 11.2. The van der Waals surface area contributed by atoms with E-state index in [-0.39, 0.29) is 6.42 Å². The van der Waals surface area contributed by atoms with Crippen molar-refractivity contribution in [3.05, 3.63) is 76.4 Å². The third-order valence-electron chi connectivity index (χ3n) is 4.13. The van der Waals surface area contributed by atoms with Crippen LogP contribution < -0.4 is 0 Å². The zero-order valence-corrected chi connectivity index (χ0v) is 14.3. The smallest absolute Gasteiger partial charge is 0.307 e. The van der Waals surface area contributed by atoms with Crippen LogP contribution in [-0.2, 0) is 11.2 Å². The molecule has 24 heavy (non-hydrogen) atoms. The van der Waals surface area contributed by atoms with E-state index < -0.39 is 5.97 Å². The van der Waals surface area contributed by atoms with Gasteiger partial charge in [0.05, 0.1) is 12.1 Å². The Kier molecular flexibility index (Phi) is 4.45. The number of aliphatic carboxylic acids is 1. The fourth-order valence-corrected chi connectivity index (χ4v) is 2.99. The molecule has 0 atom stereocenters. The van der Waals surface area contributed by atoms with E-state index in [0.717, 1.165) is 28.2 Å². The predicted octanol–water partition coefficient (Wildman–Crippen LogP) is 5.04. The van der Waals surface area contributed by atoms with Gasteiger partial charge in [-0.15, -0.1) is 0 Å². The van der Waals surface area contributed by atoms with Crippen LogP contribution in [0.3, 0.4) is 0 Å². The monoisotopic (exact) mass is 339 g/mol. The quantitative estimate of drug-likeness (QED) is 0.723. The standard InChI is InChI=1S/C20H18ClNO2/c1-13-3-5-15(6-4-13)19-11-16(12-20(23)24)14(2)22(19)18-9-7-17(21)8-10-18/h3-11H,12H2,1-2H3,(H,23,24). The average Bonchev–Trinajstić information content (AvgIpc) is 2.85. The molecule has 0 unspecified atom stereocenters.